The van der Waals surface area contributed by atoms with E-state index in [-0.39, 0.29) is 16.2 Å². The first kappa shape index (κ1) is 17.0. The maximum Gasteiger partial charge on any atom is 0.307 e. The number of hydrogen-bond donors (Lipinski definition) is 1. The van der Waals surface area contributed by atoms with Crippen LogP contribution in [0.5, 0.6) is 0 Å². The van der Waals surface area contributed by atoms with Crippen LogP contribution >= 0.6 is 11.3 Å². The van der Waals surface area contributed by atoms with Crippen LogP contribution in [0.1, 0.15) is 43.4 Å². The van der Waals surface area contributed by atoms with E-state index in [1.54, 1.807) is 4.57 Å². The lowest BCUT2D eigenvalue weighted by Gasteiger charge is -2.30. The minimum Gasteiger partial charge on any atom is -0.355 e. The standard InChI is InChI=1S/C19H24N2O2S/c1-15-13-24-18(23)21(15)12-9-17(22)20-14-19(10-5-6-11-19)16-7-3-2-4-8-16/h2-4,7-8,13H,5-6,9-12,14H2,1H3,(H,20,22). The first-order chi connectivity index (χ1) is 11.6. The number of nitrogens with zero attached hydrogens (tertiary/aromatic N) is 1. The Kier molecular flexibility index (Phi) is 5.19. The molecule has 1 aromatic carbocycles. The number of hydrogen-bond acceptors (Lipinski definition) is 3. The van der Waals surface area contributed by atoms with E-state index < -0.39 is 0 Å². The molecule has 1 fully saturated rings. The number of carbonyl (C=O) groups excluding carboxylic acids is 1. The van der Waals surface area contributed by atoms with Gasteiger partial charge in [0.1, 0.15) is 0 Å². The summed E-state index contributed by atoms with van der Waals surface area (Å²) in [6.07, 6.45) is 5.03. The minimum absolute atomic E-state index is 0.0110. The average Bonchev–Trinajstić information content (AvgIpc) is 3.20. The molecule has 0 atom stereocenters. The Hall–Kier alpha value is -1.88. The molecule has 128 valence electrons. The molecule has 1 heterocycles. The van der Waals surface area contributed by atoms with Crippen LogP contribution in [0.4, 0.5) is 0 Å². The van der Waals surface area contributed by atoms with Gasteiger partial charge in [-0.15, -0.1) is 0 Å². The van der Waals surface area contributed by atoms with E-state index in [4.69, 9.17) is 0 Å². The highest BCUT2D eigenvalue weighted by molar-refractivity contribution is 7.07. The number of carbonyl (C=O) groups is 1. The zero-order valence-corrected chi connectivity index (χ0v) is 14.9. The van der Waals surface area contributed by atoms with Gasteiger partial charge in [-0.1, -0.05) is 54.5 Å². The van der Waals surface area contributed by atoms with Crippen molar-refractivity contribution >= 4 is 17.2 Å². The maximum atomic E-state index is 12.3. The summed E-state index contributed by atoms with van der Waals surface area (Å²) in [6, 6.07) is 10.5. The number of benzene rings is 1. The third-order valence-corrected chi connectivity index (χ3v) is 5.99. The summed E-state index contributed by atoms with van der Waals surface area (Å²) in [5.41, 5.74) is 2.33. The van der Waals surface area contributed by atoms with Gasteiger partial charge < -0.3 is 9.88 Å². The van der Waals surface area contributed by atoms with E-state index in [1.807, 2.05) is 18.4 Å². The van der Waals surface area contributed by atoms with Gasteiger partial charge in [0.2, 0.25) is 5.91 Å². The predicted octanol–water partition coefficient (Wildman–Crippen LogP) is 3.24. The summed E-state index contributed by atoms with van der Waals surface area (Å²) in [5.74, 6) is 0.0229. The highest BCUT2D eigenvalue weighted by Crippen LogP contribution is 2.40. The molecule has 0 saturated heterocycles. The molecule has 0 unspecified atom stereocenters. The minimum atomic E-state index is 0.0110. The zero-order valence-electron chi connectivity index (χ0n) is 14.1. The van der Waals surface area contributed by atoms with Gasteiger partial charge in [-0.25, -0.2) is 0 Å². The fourth-order valence-corrected chi connectivity index (χ4v) is 4.42. The van der Waals surface area contributed by atoms with Crippen molar-refractivity contribution < 1.29 is 4.79 Å². The van der Waals surface area contributed by atoms with Gasteiger partial charge in [0.25, 0.3) is 0 Å². The van der Waals surface area contributed by atoms with Crippen molar-refractivity contribution in [1.29, 1.82) is 0 Å². The second kappa shape index (κ2) is 7.34. The molecule has 3 rings (SSSR count). The summed E-state index contributed by atoms with van der Waals surface area (Å²) in [7, 11) is 0. The quantitative estimate of drug-likeness (QED) is 0.875. The summed E-state index contributed by atoms with van der Waals surface area (Å²) < 4.78 is 1.67. The van der Waals surface area contributed by atoms with Gasteiger partial charge in [-0.05, 0) is 25.3 Å². The third-order valence-electron chi connectivity index (χ3n) is 5.11. The molecule has 4 nitrogen and oxygen atoms in total. The number of thiazole rings is 1. The van der Waals surface area contributed by atoms with Crippen LogP contribution in [0.15, 0.2) is 40.5 Å². The van der Waals surface area contributed by atoms with Gasteiger partial charge in [0.15, 0.2) is 0 Å². The normalized spacial score (nSPS) is 16.2. The first-order valence-electron chi connectivity index (χ1n) is 8.58. The average molecular weight is 344 g/mol. The molecule has 2 aromatic rings. The lowest BCUT2D eigenvalue weighted by Crippen LogP contribution is -2.39. The molecule has 1 aromatic heterocycles. The lowest BCUT2D eigenvalue weighted by molar-refractivity contribution is -0.121. The fourth-order valence-electron chi connectivity index (χ4n) is 3.66. The molecule has 1 N–H and O–H groups in total. The molecular formula is C19H24N2O2S. The van der Waals surface area contributed by atoms with E-state index in [9.17, 15) is 9.59 Å². The molecule has 1 saturated carbocycles. The van der Waals surface area contributed by atoms with E-state index in [1.165, 1.54) is 29.7 Å². The van der Waals surface area contributed by atoms with Crippen molar-refractivity contribution in [3.05, 3.63) is 56.6 Å². The molecule has 0 aliphatic heterocycles. The van der Waals surface area contributed by atoms with Gasteiger partial charge >= 0.3 is 4.87 Å². The molecule has 0 bridgehead atoms. The second-order valence-corrected chi connectivity index (χ2v) is 7.50. The largest absolute Gasteiger partial charge is 0.355 e. The molecular weight excluding hydrogens is 320 g/mol. The number of amides is 1. The fraction of sp³-hybridized carbons (Fsp3) is 0.474. The number of nitrogens with one attached hydrogen (secondary N) is 1. The van der Waals surface area contributed by atoms with Crippen LogP contribution in [0.25, 0.3) is 0 Å². The lowest BCUT2D eigenvalue weighted by atomic mass is 9.79. The highest BCUT2D eigenvalue weighted by Gasteiger charge is 2.35. The Balaban J connectivity index is 1.59. The Morgan fingerprint density at radius 3 is 2.58 bits per heavy atom. The maximum absolute atomic E-state index is 12.3. The number of aromatic nitrogens is 1. The molecule has 0 spiro atoms. The Morgan fingerprint density at radius 1 is 1.25 bits per heavy atom. The van der Waals surface area contributed by atoms with Crippen LogP contribution in [0, 0.1) is 6.92 Å². The molecule has 1 aliphatic rings. The van der Waals surface area contributed by atoms with Crippen molar-refractivity contribution in [1.82, 2.24) is 9.88 Å². The smallest absolute Gasteiger partial charge is 0.307 e. The Labute approximate surface area is 146 Å². The van der Waals surface area contributed by atoms with Crippen LogP contribution in [0.3, 0.4) is 0 Å². The monoisotopic (exact) mass is 344 g/mol. The molecule has 5 heteroatoms. The predicted molar refractivity (Wildman–Crippen MR) is 97.5 cm³/mol. The van der Waals surface area contributed by atoms with Crippen molar-refractivity contribution in [3.63, 3.8) is 0 Å². The van der Waals surface area contributed by atoms with E-state index in [0.29, 0.717) is 19.5 Å². The third kappa shape index (κ3) is 3.61. The summed E-state index contributed by atoms with van der Waals surface area (Å²) in [4.78, 5) is 24.0. The van der Waals surface area contributed by atoms with Crippen LogP contribution in [-0.2, 0) is 16.8 Å². The van der Waals surface area contributed by atoms with E-state index >= 15 is 0 Å². The molecule has 0 radical (unpaired) electrons. The van der Waals surface area contributed by atoms with Crippen molar-refractivity contribution in [2.75, 3.05) is 6.54 Å². The molecule has 1 amide bonds. The summed E-state index contributed by atoms with van der Waals surface area (Å²) in [5, 5.41) is 4.95. The van der Waals surface area contributed by atoms with Crippen molar-refractivity contribution in [2.45, 2.75) is 51.0 Å². The number of rotatable bonds is 6. The van der Waals surface area contributed by atoms with Crippen molar-refractivity contribution in [2.24, 2.45) is 0 Å². The molecule has 24 heavy (non-hydrogen) atoms. The highest BCUT2D eigenvalue weighted by atomic mass is 32.1. The van der Waals surface area contributed by atoms with Crippen LogP contribution < -0.4 is 10.2 Å². The second-order valence-electron chi connectivity index (χ2n) is 6.67. The van der Waals surface area contributed by atoms with E-state index in [2.05, 4.69) is 29.6 Å². The summed E-state index contributed by atoms with van der Waals surface area (Å²) >= 11 is 1.19. The van der Waals surface area contributed by atoms with Crippen LogP contribution in [0.2, 0.25) is 0 Å². The van der Waals surface area contributed by atoms with Gasteiger partial charge in [-0.3, -0.25) is 9.59 Å². The zero-order chi connectivity index (χ0) is 17.0. The van der Waals surface area contributed by atoms with Gasteiger partial charge in [0, 0.05) is 36.0 Å². The first-order valence-corrected chi connectivity index (χ1v) is 9.46. The SMILES string of the molecule is Cc1csc(=O)n1CCC(=O)NCC1(c2ccccc2)CCCC1. The molecule has 1 aliphatic carbocycles. The summed E-state index contributed by atoms with van der Waals surface area (Å²) in [6.45, 7) is 3.05. The van der Waals surface area contributed by atoms with Crippen LogP contribution in [-0.4, -0.2) is 17.0 Å². The number of aryl methyl sites for hydroxylation is 1. The Morgan fingerprint density at radius 2 is 1.96 bits per heavy atom. The van der Waals surface area contributed by atoms with Gasteiger partial charge in [0.05, 0.1) is 0 Å². The van der Waals surface area contributed by atoms with Crippen molar-refractivity contribution in [3.8, 4) is 0 Å². The van der Waals surface area contributed by atoms with E-state index in [0.717, 1.165) is 18.5 Å². The topological polar surface area (TPSA) is 51.1 Å². The van der Waals surface area contributed by atoms with Gasteiger partial charge in [-0.2, -0.15) is 0 Å². The Bertz CT molecular complexity index is 742.